The Morgan fingerprint density at radius 1 is 1.07 bits per heavy atom. The van der Waals surface area contributed by atoms with E-state index < -0.39 is 18.0 Å². The number of ether oxygens (including phenoxy) is 1. The fourth-order valence-electron chi connectivity index (χ4n) is 2.40. The Hall–Kier alpha value is -2.42. The van der Waals surface area contributed by atoms with E-state index in [0.717, 1.165) is 20.4 Å². The second kappa shape index (κ2) is 9.50. The van der Waals surface area contributed by atoms with Gasteiger partial charge in [0.25, 0.3) is 5.91 Å². The first-order valence-electron chi connectivity index (χ1n) is 8.38. The summed E-state index contributed by atoms with van der Waals surface area (Å²) in [5.41, 5.74) is 2.98. The Morgan fingerprint density at radius 3 is 2.33 bits per heavy atom. The second-order valence-electron chi connectivity index (χ2n) is 6.09. The molecule has 2 rings (SSSR count). The van der Waals surface area contributed by atoms with Crippen LogP contribution in [0.2, 0.25) is 0 Å². The molecule has 2 aromatic carbocycles. The number of aryl methyl sites for hydroxylation is 2. The van der Waals surface area contributed by atoms with Crippen molar-refractivity contribution in [3.8, 4) is 0 Å². The third-order valence-corrected chi connectivity index (χ3v) is 4.55. The van der Waals surface area contributed by atoms with Crippen LogP contribution in [0.5, 0.6) is 0 Å². The number of carbonyl (C=O) groups is 3. The van der Waals surface area contributed by atoms with Crippen molar-refractivity contribution >= 4 is 46.1 Å². The minimum atomic E-state index is -1.01. The van der Waals surface area contributed by atoms with Gasteiger partial charge in [0, 0.05) is 9.26 Å². The normalized spacial score (nSPS) is 11.4. The van der Waals surface area contributed by atoms with Crippen molar-refractivity contribution in [2.75, 3.05) is 11.9 Å². The number of para-hydroxylation sites is 1. The summed E-state index contributed by atoms with van der Waals surface area (Å²) in [5.74, 6) is -1.47. The maximum absolute atomic E-state index is 12.1. The molecule has 0 spiro atoms. The molecular formula is C20H21IN2O4. The monoisotopic (exact) mass is 480 g/mol. The van der Waals surface area contributed by atoms with Crippen LogP contribution in [0.15, 0.2) is 42.5 Å². The summed E-state index contributed by atoms with van der Waals surface area (Å²) in [6, 6.07) is 12.6. The average Bonchev–Trinajstić information content (AvgIpc) is 2.62. The van der Waals surface area contributed by atoms with Crippen molar-refractivity contribution in [2.45, 2.75) is 26.9 Å². The number of rotatable bonds is 6. The molecular weight excluding hydrogens is 459 g/mol. The van der Waals surface area contributed by atoms with Crippen LogP contribution < -0.4 is 10.6 Å². The third kappa shape index (κ3) is 6.06. The lowest BCUT2D eigenvalue weighted by Crippen LogP contribution is -2.40. The van der Waals surface area contributed by atoms with Crippen LogP contribution in [-0.2, 0) is 14.3 Å². The first-order chi connectivity index (χ1) is 12.8. The fourth-order valence-corrected chi connectivity index (χ4v) is 2.95. The van der Waals surface area contributed by atoms with E-state index in [2.05, 4.69) is 33.2 Å². The predicted octanol–water partition coefficient (Wildman–Crippen LogP) is 3.21. The van der Waals surface area contributed by atoms with E-state index in [-0.39, 0.29) is 12.5 Å². The van der Waals surface area contributed by atoms with Gasteiger partial charge < -0.3 is 15.4 Å². The number of hydrogen-bond acceptors (Lipinski definition) is 4. The van der Waals surface area contributed by atoms with E-state index >= 15 is 0 Å². The highest BCUT2D eigenvalue weighted by atomic mass is 127. The highest BCUT2D eigenvalue weighted by molar-refractivity contribution is 14.1. The van der Waals surface area contributed by atoms with Gasteiger partial charge in [0.15, 0.2) is 6.10 Å². The molecule has 0 aromatic heterocycles. The molecule has 0 heterocycles. The van der Waals surface area contributed by atoms with Crippen LogP contribution in [0.3, 0.4) is 0 Å². The van der Waals surface area contributed by atoms with Crippen LogP contribution >= 0.6 is 22.6 Å². The number of halogens is 1. The molecule has 7 heteroatoms. The van der Waals surface area contributed by atoms with Gasteiger partial charge in [-0.1, -0.05) is 24.3 Å². The molecule has 0 aliphatic rings. The van der Waals surface area contributed by atoms with E-state index in [1.165, 1.54) is 6.92 Å². The molecule has 0 aliphatic carbocycles. The smallest absolute Gasteiger partial charge is 0.338 e. The molecule has 0 saturated heterocycles. The molecule has 2 amide bonds. The van der Waals surface area contributed by atoms with Crippen molar-refractivity contribution in [2.24, 2.45) is 0 Å². The number of benzene rings is 2. The van der Waals surface area contributed by atoms with Crippen LogP contribution in [0.1, 0.15) is 28.4 Å². The first-order valence-corrected chi connectivity index (χ1v) is 9.46. The van der Waals surface area contributed by atoms with Gasteiger partial charge in [0.1, 0.15) is 0 Å². The minimum Gasteiger partial charge on any atom is -0.449 e. The molecule has 2 N–H and O–H groups in total. The molecule has 142 valence electrons. The molecule has 6 nitrogen and oxygen atoms in total. The number of carbonyl (C=O) groups excluding carboxylic acids is 3. The van der Waals surface area contributed by atoms with Crippen molar-refractivity contribution < 1.29 is 19.1 Å². The SMILES string of the molecule is Cc1cccc(C)c1NC(=O)CNC(=O)C(C)OC(=O)c1cccc(I)c1. The molecule has 0 bridgehead atoms. The summed E-state index contributed by atoms with van der Waals surface area (Å²) < 4.78 is 6.05. The molecule has 27 heavy (non-hydrogen) atoms. The van der Waals surface area contributed by atoms with Gasteiger partial charge in [0.2, 0.25) is 5.91 Å². The van der Waals surface area contributed by atoms with Crippen molar-refractivity contribution in [3.05, 3.63) is 62.7 Å². The van der Waals surface area contributed by atoms with E-state index in [1.54, 1.807) is 18.2 Å². The Morgan fingerprint density at radius 2 is 1.70 bits per heavy atom. The summed E-state index contributed by atoms with van der Waals surface area (Å²) in [7, 11) is 0. The van der Waals surface area contributed by atoms with Gasteiger partial charge in [0.05, 0.1) is 12.1 Å². The maximum atomic E-state index is 12.1. The lowest BCUT2D eigenvalue weighted by molar-refractivity contribution is -0.130. The highest BCUT2D eigenvalue weighted by Crippen LogP contribution is 2.19. The predicted molar refractivity (Wildman–Crippen MR) is 112 cm³/mol. The van der Waals surface area contributed by atoms with Gasteiger partial charge >= 0.3 is 5.97 Å². The number of anilines is 1. The zero-order valence-corrected chi connectivity index (χ0v) is 17.5. The maximum Gasteiger partial charge on any atom is 0.338 e. The molecule has 0 radical (unpaired) electrons. The Labute approximate surface area is 171 Å². The third-order valence-electron chi connectivity index (χ3n) is 3.88. The molecule has 0 fully saturated rings. The summed E-state index contributed by atoms with van der Waals surface area (Å²) in [6.07, 6.45) is -1.01. The summed E-state index contributed by atoms with van der Waals surface area (Å²) >= 11 is 2.09. The topological polar surface area (TPSA) is 84.5 Å². The highest BCUT2D eigenvalue weighted by Gasteiger charge is 2.19. The first kappa shape index (κ1) is 20.9. The van der Waals surface area contributed by atoms with E-state index in [4.69, 9.17) is 4.74 Å². The lowest BCUT2D eigenvalue weighted by Gasteiger charge is -2.15. The van der Waals surface area contributed by atoms with Crippen LogP contribution in [-0.4, -0.2) is 30.4 Å². The van der Waals surface area contributed by atoms with Crippen LogP contribution in [0, 0.1) is 17.4 Å². The Balaban J connectivity index is 1.85. The van der Waals surface area contributed by atoms with Gasteiger partial charge in [-0.15, -0.1) is 0 Å². The number of amides is 2. The standard InChI is InChI=1S/C20H21IN2O4/c1-12-6-4-7-13(2)18(12)23-17(24)11-22-19(25)14(3)27-20(26)15-8-5-9-16(21)10-15/h4-10,14H,11H2,1-3H3,(H,22,25)(H,23,24). The lowest BCUT2D eigenvalue weighted by atomic mass is 10.1. The Bertz CT molecular complexity index is 847. The molecule has 2 aromatic rings. The Kier molecular flexibility index (Phi) is 7.35. The average molecular weight is 480 g/mol. The largest absolute Gasteiger partial charge is 0.449 e. The zero-order chi connectivity index (χ0) is 20.0. The van der Waals surface area contributed by atoms with E-state index in [9.17, 15) is 14.4 Å². The number of esters is 1. The number of hydrogen-bond donors (Lipinski definition) is 2. The van der Waals surface area contributed by atoms with Gasteiger partial charge in [-0.25, -0.2) is 4.79 Å². The number of nitrogens with one attached hydrogen (secondary N) is 2. The van der Waals surface area contributed by atoms with Gasteiger partial charge in [-0.3, -0.25) is 9.59 Å². The quantitative estimate of drug-likeness (QED) is 0.492. The van der Waals surface area contributed by atoms with Gasteiger partial charge in [-0.05, 0) is 72.7 Å². The molecule has 1 atom stereocenters. The van der Waals surface area contributed by atoms with Crippen LogP contribution in [0.25, 0.3) is 0 Å². The summed E-state index contributed by atoms with van der Waals surface area (Å²) in [6.45, 7) is 5.04. The van der Waals surface area contributed by atoms with Crippen LogP contribution in [0.4, 0.5) is 5.69 Å². The molecule has 0 aliphatic heterocycles. The van der Waals surface area contributed by atoms with Gasteiger partial charge in [-0.2, -0.15) is 0 Å². The summed E-state index contributed by atoms with van der Waals surface area (Å²) in [4.78, 5) is 36.3. The molecule has 0 saturated carbocycles. The second-order valence-corrected chi connectivity index (χ2v) is 7.34. The summed E-state index contributed by atoms with van der Waals surface area (Å²) in [5, 5.41) is 5.26. The van der Waals surface area contributed by atoms with Crippen molar-refractivity contribution in [1.82, 2.24) is 5.32 Å². The van der Waals surface area contributed by atoms with E-state index in [1.807, 2.05) is 38.1 Å². The molecule has 1 unspecified atom stereocenters. The van der Waals surface area contributed by atoms with Crippen molar-refractivity contribution in [3.63, 3.8) is 0 Å². The zero-order valence-electron chi connectivity index (χ0n) is 15.3. The minimum absolute atomic E-state index is 0.211. The van der Waals surface area contributed by atoms with Crippen molar-refractivity contribution in [1.29, 1.82) is 0 Å². The van der Waals surface area contributed by atoms with E-state index in [0.29, 0.717) is 5.56 Å². The fraction of sp³-hybridized carbons (Fsp3) is 0.250.